The summed E-state index contributed by atoms with van der Waals surface area (Å²) in [5.41, 5.74) is 0.700. The van der Waals surface area contributed by atoms with Crippen LogP contribution in [0.5, 0.6) is 0 Å². The number of nitrogens with one attached hydrogen (secondary N) is 1. The Morgan fingerprint density at radius 2 is 2.17 bits per heavy atom. The van der Waals surface area contributed by atoms with E-state index in [1.54, 1.807) is 6.21 Å². The van der Waals surface area contributed by atoms with Gasteiger partial charge in [0.25, 0.3) is 0 Å². The Morgan fingerprint density at radius 3 is 3.00 bits per heavy atom. The highest BCUT2D eigenvalue weighted by atomic mass is 16.1. The summed E-state index contributed by atoms with van der Waals surface area (Å²) in [5.74, 6) is 2.08. The number of carbonyl (C=O) groups excluding carboxylic acids is 1. The summed E-state index contributed by atoms with van der Waals surface area (Å²) >= 11 is 0. The third kappa shape index (κ3) is 1.17. The zero-order valence-corrected chi connectivity index (χ0v) is 9.89. The molecule has 6 nitrogen and oxygen atoms in total. The molecular weight excluding hydrogens is 230 g/mol. The molecule has 0 bridgehead atoms. The third-order valence-electron chi connectivity index (χ3n) is 3.98. The van der Waals surface area contributed by atoms with Crippen LogP contribution in [0.1, 0.15) is 31.4 Å². The minimum Gasteiger partial charge on any atom is -0.350 e. The van der Waals surface area contributed by atoms with Gasteiger partial charge in [-0.3, -0.25) is 14.4 Å². The molecule has 2 aliphatic heterocycles. The van der Waals surface area contributed by atoms with Crippen LogP contribution in [-0.2, 0) is 10.3 Å². The van der Waals surface area contributed by atoms with Crippen LogP contribution in [-0.4, -0.2) is 34.4 Å². The molecule has 0 amide bonds. The van der Waals surface area contributed by atoms with Gasteiger partial charge >= 0.3 is 0 Å². The van der Waals surface area contributed by atoms with Gasteiger partial charge in [0.15, 0.2) is 0 Å². The number of ketones is 1. The number of aromatic nitrogens is 2. The van der Waals surface area contributed by atoms with Crippen molar-refractivity contribution in [2.75, 3.05) is 12.0 Å². The second kappa shape index (κ2) is 3.28. The number of aliphatic imine (C=N–C) groups is 2. The highest BCUT2D eigenvalue weighted by Gasteiger charge is 2.42. The van der Waals surface area contributed by atoms with Crippen molar-refractivity contribution in [2.45, 2.75) is 31.2 Å². The molecule has 0 radical (unpaired) electrons. The van der Waals surface area contributed by atoms with Crippen molar-refractivity contribution in [1.29, 1.82) is 0 Å². The fraction of sp³-hybridized carbons (Fsp3) is 0.500. The monoisotopic (exact) mass is 243 g/mol. The summed E-state index contributed by atoms with van der Waals surface area (Å²) in [7, 11) is 0. The number of fused-ring (bicyclic) bond motifs is 4. The third-order valence-corrected chi connectivity index (χ3v) is 3.98. The lowest BCUT2D eigenvalue weighted by atomic mass is 9.82. The molecule has 3 heterocycles. The second-order valence-corrected chi connectivity index (χ2v) is 5.03. The van der Waals surface area contributed by atoms with Gasteiger partial charge in [0, 0.05) is 19.1 Å². The van der Waals surface area contributed by atoms with E-state index >= 15 is 0 Å². The zero-order valence-electron chi connectivity index (χ0n) is 9.89. The number of hydrogen-bond acceptors (Lipinski definition) is 5. The van der Waals surface area contributed by atoms with Gasteiger partial charge < -0.3 is 5.32 Å². The number of Topliss-reactive ketones (excluding diaryl/α,β-unsaturated/α-hetero) is 1. The number of carbonyl (C=O) groups is 1. The van der Waals surface area contributed by atoms with Gasteiger partial charge in [0.05, 0.1) is 11.8 Å². The predicted octanol–water partition coefficient (Wildman–Crippen LogP) is 1.24. The van der Waals surface area contributed by atoms with Gasteiger partial charge in [0.2, 0.25) is 5.95 Å². The molecule has 92 valence electrons. The molecule has 1 aromatic heterocycles. The van der Waals surface area contributed by atoms with Crippen molar-refractivity contribution in [2.24, 2.45) is 9.98 Å². The lowest BCUT2D eigenvalue weighted by Crippen LogP contribution is -2.38. The molecule has 0 unspecified atom stereocenters. The van der Waals surface area contributed by atoms with E-state index in [2.05, 4.69) is 24.9 Å². The van der Waals surface area contributed by atoms with Crippen LogP contribution in [0.4, 0.5) is 11.8 Å². The van der Waals surface area contributed by atoms with Crippen LogP contribution in [0.2, 0.25) is 0 Å². The first kappa shape index (κ1) is 9.99. The maximum absolute atomic E-state index is 11.4. The van der Waals surface area contributed by atoms with E-state index in [0.717, 1.165) is 30.3 Å². The summed E-state index contributed by atoms with van der Waals surface area (Å²) in [6.07, 6.45) is 6.66. The topological polar surface area (TPSA) is 71.6 Å². The van der Waals surface area contributed by atoms with Gasteiger partial charge in [-0.25, -0.2) is 9.98 Å². The Bertz CT molecular complexity index is 588. The normalized spacial score (nSPS) is 23.0. The summed E-state index contributed by atoms with van der Waals surface area (Å²) in [6, 6.07) is 0. The van der Waals surface area contributed by atoms with Crippen molar-refractivity contribution in [1.82, 2.24) is 9.55 Å². The standard InChI is InChI=1S/C12H13N5O/c18-8-1-3-12(4-2-8)6-14-11-16-9-5-13-7-15-10(9)17(11)12/h5-6,15H,1-4,7H2. The van der Waals surface area contributed by atoms with Gasteiger partial charge in [-0.2, -0.15) is 0 Å². The molecule has 6 heteroatoms. The van der Waals surface area contributed by atoms with Gasteiger partial charge in [-0.05, 0) is 12.8 Å². The zero-order chi connectivity index (χ0) is 12.2. The molecule has 1 aromatic rings. The largest absolute Gasteiger partial charge is 0.350 e. The molecule has 1 spiro atoms. The SMILES string of the molecule is O=C1CCC2(C=Nc3nc4c(n32)NCN=C4)CC1. The first-order valence-electron chi connectivity index (χ1n) is 6.22. The van der Waals surface area contributed by atoms with Crippen LogP contribution in [0.25, 0.3) is 0 Å². The molecule has 0 atom stereocenters. The van der Waals surface area contributed by atoms with Gasteiger partial charge in [-0.1, -0.05) is 0 Å². The molecule has 0 aromatic carbocycles. The van der Waals surface area contributed by atoms with Crippen molar-refractivity contribution >= 4 is 30.0 Å². The average Bonchev–Trinajstić information content (AvgIpc) is 2.92. The smallest absolute Gasteiger partial charge is 0.232 e. The summed E-state index contributed by atoms with van der Waals surface area (Å²) in [4.78, 5) is 24.5. The van der Waals surface area contributed by atoms with Crippen LogP contribution in [0, 0.1) is 0 Å². The van der Waals surface area contributed by atoms with Crippen LogP contribution in [0.3, 0.4) is 0 Å². The fourth-order valence-corrected chi connectivity index (χ4v) is 3.00. The Morgan fingerprint density at radius 1 is 1.33 bits per heavy atom. The van der Waals surface area contributed by atoms with Crippen LogP contribution in [0.15, 0.2) is 9.98 Å². The average molecular weight is 243 g/mol. The number of rotatable bonds is 0. The Kier molecular flexibility index (Phi) is 1.82. The number of imidazole rings is 1. The first-order chi connectivity index (χ1) is 8.78. The molecule has 0 saturated heterocycles. The van der Waals surface area contributed by atoms with Crippen molar-refractivity contribution in [3.05, 3.63) is 5.69 Å². The molecule has 1 fully saturated rings. The molecule has 1 saturated carbocycles. The number of hydrogen-bond donors (Lipinski definition) is 1. The predicted molar refractivity (Wildman–Crippen MR) is 67.9 cm³/mol. The van der Waals surface area contributed by atoms with E-state index in [1.165, 1.54) is 0 Å². The van der Waals surface area contributed by atoms with E-state index < -0.39 is 0 Å². The van der Waals surface area contributed by atoms with Gasteiger partial charge in [-0.15, -0.1) is 0 Å². The summed E-state index contributed by atoms with van der Waals surface area (Å²) in [6.45, 7) is 0.577. The Balaban J connectivity index is 1.84. The van der Waals surface area contributed by atoms with Gasteiger partial charge in [0.1, 0.15) is 24.0 Å². The second-order valence-electron chi connectivity index (χ2n) is 5.03. The molecular formula is C12H13N5O. The fourth-order valence-electron chi connectivity index (χ4n) is 3.00. The first-order valence-corrected chi connectivity index (χ1v) is 6.22. The number of nitrogens with zero attached hydrogens (tertiary/aromatic N) is 4. The molecule has 4 rings (SSSR count). The maximum atomic E-state index is 11.4. The lowest BCUT2D eigenvalue weighted by Gasteiger charge is -2.33. The lowest BCUT2D eigenvalue weighted by molar-refractivity contribution is -0.121. The highest BCUT2D eigenvalue weighted by molar-refractivity contribution is 5.91. The highest BCUT2D eigenvalue weighted by Crippen LogP contribution is 2.43. The Labute approximate surface area is 104 Å². The molecule has 1 aliphatic carbocycles. The van der Waals surface area contributed by atoms with Crippen molar-refractivity contribution in [3.63, 3.8) is 0 Å². The van der Waals surface area contributed by atoms with E-state index in [0.29, 0.717) is 25.3 Å². The van der Waals surface area contributed by atoms with E-state index in [9.17, 15) is 4.79 Å². The number of anilines is 1. The summed E-state index contributed by atoms with van der Waals surface area (Å²) < 4.78 is 2.15. The van der Waals surface area contributed by atoms with Crippen LogP contribution < -0.4 is 5.32 Å². The minimum atomic E-state index is -0.151. The Hall–Kier alpha value is -1.98. The maximum Gasteiger partial charge on any atom is 0.232 e. The molecule has 1 N–H and O–H groups in total. The van der Waals surface area contributed by atoms with E-state index in [-0.39, 0.29) is 5.54 Å². The van der Waals surface area contributed by atoms with Crippen LogP contribution >= 0.6 is 0 Å². The quantitative estimate of drug-likeness (QED) is 0.745. The summed E-state index contributed by atoms with van der Waals surface area (Å²) in [5, 5.41) is 3.26. The minimum absolute atomic E-state index is 0.151. The van der Waals surface area contributed by atoms with Crippen molar-refractivity contribution < 1.29 is 4.79 Å². The van der Waals surface area contributed by atoms with E-state index in [1.807, 2.05) is 6.21 Å². The van der Waals surface area contributed by atoms with Crippen molar-refractivity contribution in [3.8, 4) is 0 Å². The molecule has 18 heavy (non-hydrogen) atoms. The van der Waals surface area contributed by atoms with E-state index in [4.69, 9.17) is 0 Å². The molecule has 3 aliphatic rings.